The molecule has 0 radical (unpaired) electrons. The number of hydrogen-bond donors (Lipinski definition) is 0. The third kappa shape index (κ3) is 2.70. The fourth-order valence-corrected chi connectivity index (χ4v) is 3.31. The first-order valence-electron chi connectivity index (χ1n) is 5.75. The highest BCUT2D eigenvalue weighted by Crippen LogP contribution is 2.15. The van der Waals surface area contributed by atoms with Gasteiger partial charge in [-0.15, -0.1) is 0 Å². The third-order valence-corrected chi connectivity index (χ3v) is 5.03. The van der Waals surface area contributed by atoms with Gasteiger partial charge in [0.05, 0.1) is 4.90 Å². The predicted molar refractivity (Wildman–Crippen MR) is 70.9 cm³/mol. The Kier molecular flexibility index (Phi) is 3.56. The molecule has 1 aliphatic rings. The molecular weight excluding hydrogens is 235 g/mol. The van der Waals surface area contributed by atoms with Crippen LogP contribution in [0.15, 0.2) is 29.2 Å². The molecule has 1 fully saturated rings. The van der Waals surface area contributed by atoms with Gasteiger partial charge in [-0.25, -0.2) is 8.42 Å². The van der Waals surface area contributed by atoms with Crippen molar-refractivity contribution in [2.45, 2.75) is 4.90 Å². The Morgan fingerprint density at radius 2 is 1.59 bits per heavy atom. The minimum Gasteiger partial charge on any atom is -0.304 e. The lowest BCUT2D eigenvalue weighted by Gasteiger charge is -2.31. The molecule has 0 amide bonds. The molecule has 1 aromatic rings. The number of piperazine rings is 1. The fourth-order valence-electron chi connectivity index (χ4n) is 1.89. The van der Waals surface area contributed by atoms with Gasteiger partial charge in [-0.05, 0) is 19.2 Å². The number of likely N-dealkylation sites (N-methyl/N-ethyl adjacent to an activating group) is 1. The van der Waals surface area contributed by atoms with Gasteiger partial charge in [0.2, 0.25) is 10.0 Å². The summed E-state index contributed by atoms with van der Waals surface area (Å²) in [5.41, 5.74) is 1.07. The van der Waals surface area contributed by atoms with Crippen LogP contribution in [0.25, 0.3) is 0 Å². The first-order chi connectivity index (χ1) is 8.00. The smallest absolute Gasteiger partial charge is 0.243 e. The molecule has 0 N–H and O–H groups in total. The van der Waals surface area contributed by atoms with E-state index in [-0.39, 0.29) is 0 Å². The number of rotatable bonds is 2. The van der Waals surface area contributed by atoms with E-state index < -0.39 is 10.0 Å². The summed E-state index contributed by atoms with van der Waals surface area (Å²) in [6.07, 6.45) is 0. The van der Waals surface area contributed by atoms with Gasteiger partial charge >= 0.3 is 0 Å². The zero-order valence-corrected chi connectivity index (χ0v) is 11.1. The maximum absolute atomic E-state index is 12.3. The van der Waals surface area contributed by atoms with E-state index >= 15 is 0 Å². The molecule has 0 atom stereocenters. The van der Waals surface area contributed by atoms with Crippen LogP contribution in [0.5, 0.6) is 0 Å². The fraction of sp³-hybridized carbons (Fsp3) is 0.455. The van der Waals surface area contributed by atoms with E-state index in [1.165, 1.54) is 0 Å². The molecule has 1 aromatic carbocycles. The minimum atomic E-state index is -3.30. The highest BCUT2D eigenvalue weighted by Gasteiger charge is 2.26. The largest absolute Gasteiger partial charge is 0.304 e. The van der Waals surface area contributed by atoms with Gasteiger partial charge in [-0.3, -0.25) is 0 Å². The molecule has 0 aromatic heterocycles. The lowest BCUT2D eigenvalue weighted by molar-refractivity contribution is 0.222. The van der Waals surface area contributed by atoms with E-state index in [1.54, 1.807) is 16.4 Å². The molecule has 1 saturated heterocycles. The van der Waals surface area contributed by atoms with Crippen molar-refractivity contribution in [1.29, 1.82) is 0 Å². The number of sulfonamides is 1. The number of nitrogens with zero attached hydrogens (tertiary/aromatic N) is 2. The van der Waals surface area contributed by atoms with Crippen molar-refractivity contribution in [3.8, 4) is 0 Å². The second kappa shape index (κ2) is 4.80. The molecule has 4 nitrogen and oxygen atoms in total. The van der Waals surface area contributed by atoms with Gasteiger partial charge < -0.3 is 4.90 Å². The first-order valence-corrected chi connectivity index (χ1v) is 7.19. The molecule has 0 bridgehead atoms. The minimum absolute atomic E-state index is 0.396. The van der Waals surface area contributed by atoms with E-state index in [9.17, 15) is 8.42 Å². The number of benzene rings is 1. The molecule has 0 unspecified atom stereocenters. The first kappa shape index (κ1) is 12.6. The Morgan fingerprint density at radius 3 is 2.12 bits per heavy atom. The monoisotopic (exact) mass is 252 g/mol. The van der Waals surface area contributed by atoms with Crippen molar-refractivity contribution < 1.29 is 8.42 Å². The molecule has 92 valence electrons. The lowest BCUT2D eigenvalue weighted by atomic mass is 9.97. The van der Waals surface area contributed by atoms with Gasteiger partial charge in [0.1, 0.15) is 7.85 Å². The van der Waals surface area contributed by atoms with Crippen LogP contribution in [0, 0.1) is 0 Å². The van der Waals surface area contributed by atoms with Gasteiger partial charge in [0.25, 0.3) is 0 Å². The van der Waals surface area contributed by atoms with Crippen molar-refractivity contribution in [2.24, 2.45) is 0 Å². The maximum atomic E-state index is 12.3. The summed E-state index contributed by atoms with van der Waals surface area (Å²) < 4.78 is 26.2. The van der Waals surface area contributed by atoms with Crippen LogP contribution in [0.1, 0.15) is 0 Å². The summed E-state index contributed by atoms with van der Waals surface area (Å²) >= 11 is 0. The Bertz CT molecular complexity index is 479. The van der Waals surface area contributed by atoms with Crippen LogP contribution in [0.3, 0.4) is 0 Å². The van der Waals surface area contributed by atoms with Crippen molar-refractivity contribution >= 4 is 23.3 Å². The topological polar surface area (TPSA) is 40.6 Å². The highest BCUT2D eigenvalue weighted by molar-refractivity contribution is 7.89. The van der Waals surface area contributed by atoms with Crippen LogP contribution in [-0.2, 0) is 10.0 Å². The van der Waals surface area contributed by atoms with Crippen LogP contribution < -0.4 is 5.46 Å². The van der Waals surface area contributed by atoms with E-state index in [4.69, 9.17) is 0 Å². The standard InChI is InChI=1S/C11H17BN2O2S/c1-13-6-8-14(9-7-13)17(15,16)11-4-2-10(12)3-5-11/h2-5H,6-9,12H2,1H3. The average molecular weight is 252 g/mol. The van der Waals surface area contributed by atoms with Crippen molar-refractivity contribution in [1.82, 2.24) is 9.21 Å². The number of hydrogen-bond acceptors (Lipinski definition) is 3. The second-order valence-electron chi connectivity index (χ2n) is 4.52. The molecule has 1 aliphatic heterocycles. The van der Waals surface area contributed by atoms with Gasteiger partial charge in [0, 0.05) is 26.2 Å². The molecule has 6 heteroatoms. The molecular formula is C11H17BN2O2S. The SMILES string of the molecule is Bc1ccc(S(=O)(=O)N2CCN(C)CC2)cc1. The molecule has 2 rings (SSSR count). The molecule has 0 saturated carbocycles. The zero-order valence-electron chi connectivity index (χ0n) is 10.3. The predicted octanol–water partition coefficient (Wildman–Crippen LogP) is -1.12. The molecule has 1 heterocycles. The lowest BCUT2D eigenvalue weighted by Crippen LogP contribution is -2.47. The normalized spacial score (nSPS) is 19.4. The Morgan fingerprint density at radius 1 is 1.06 bits per heavy atom. The Balaban J connectivity index is 2.21. The van der Waals surface area contributed by atoms with Crippen LogP contribution in [-0.4, -0.2) is 58.7 Å². The van der Waals surface area contributed by atoms with Crippen molar-refractivity contribution in [3.05, 3.63) is 24.3 Å². The summed E-state index contributed by atoms with van der Waals surface area (Å²) in [6.45, 7) is 2.75. The highest BCUT2D eigenvalue weighted by atomic mass is 32.2. The van der Waals surface area contributed by atoms with Crippen LogP contribution in [0.2, 0.25) is 0 Å². The van der Waals surface area contributed by atoms with Crippen molar-refractivity contribution in [2.75, 3.05) is 33.2 Å². The van der Waals surface area contributed by atoms with E-state index in [2.05, 4.69) is 4.90 Å². The molecule has 0 spiro atoms. The maximum Gasteiger partial charge on any atom is 0.243 e. The molecule has 17 heavy (non-hydrogen) atoms. The van der Waals surface area contributed by atoms with E-state index in [0.717, 1.165) is 18.6 Å². The van der Waals surface area contributed by atoms with Crippen LogP contribution >= 0.6 is 0 Å². The summed E-state index contributed by atoms with van der Waals surface area (Å²) in [5, 5.41) is 0. The van der Waals surface area contributed by atoms with E-state index in [0.29, 0.717) is 18.0 Å². The average Bonchev–Trinajstić information content (AvgIpc) is 2.30. The Hall–Kier alpha value is -0.845. The third-order valence-electron chi connectivity index (χ3n) is 3.12. The summed E-state index contributed by atoms with van der Waals surface area (Å²) in [5.74, 6) is 0. The summed E-state index contributed by atoms with van der Waals surface area (Å²) in [4.78, 5) is 2.54. The van der Waals surface area contributed by atoms with Gasteiger partial charge in [-0.2, -0.15) is 4.31 Å². The van der Waals surface area contributed by atoms with E-state index in [1.807, 2.05) is 27.0 Å². The Labute approximate surface area is 104 Å². The summed E-state index contributed by atoms with van der Waals surface area (Å²) in [7, 11) is 0.665. The quantitative estimate of drug-likeness (QED) is 0.626. The zero-order chi connectivity index (χ0) is 12.5. The second-order valence-corrected chi connectivity index (χ2v) is 6.46. The van der Waals surface area contributed by atoms with Gasteiger partial charge in [0.15, 0.2) is 0 Å². The van der Waals surface area contributed by atoms with Gasteiger partial charge in [-0.1, -0.05) is 17.6 Å². The molecule has 0 aliphatic carbocycles. The van der Waals surface area contributed by atoms with Crippen molar-refractivity contribution in [3.63, 3.8) is 0 Å². The summed E-state index contributed by atoms with van der Waals surface area (Å²) in [6, 6.07) is 7.04. The van der Waals surface area contributed by atoms with Crippen LogP contribution in [0.4, 0.5) is 0 Å².